The van der Waals surface area contributed by atoms with Crippen molar-refractivity contribution in [2.24, 2.45) is 0 Å². The van der Waals surface area contributed by atoms with Crippen LogP contribution >= 0.6 is 0 Å². The van der Waals surface area contributed by atoms with Crippen LogP contribution in [0.5, 0.6) is 5.75 Å². The van der Waals surface area contributed by atoms with Crippen molar-refractivity contribution in [3.8, 4) is 5.75 Å². The summed E-state index contributed by atoms with van der Waals surface area (Å²) in [6.07, 6.45) is 1.02. The number of carbonyl (C=O) groups excluding carboxylic acids is 2. The number of aldehydes is 1. The monoisotopic (exact) mass is 778 g/mol. The van der Waals surface area contributed by atoms with Gasteiger partial charge in [-0.3, -0.25) is 9.59 Å². The first-order chi connectivity index (χ1) is 26.4. The number of esters is 1. The van der Waals surface area contributed by atoms with Crippen LogP contribution in [0.15, 0.2) is 24.3 Å². The zero-order chi connectivity index (χ0) is 39.1. The molecule has 0 radical (unpaired) electrons. The topological polar surface area (TPSA) is 163 Å². The highest BCUT2D eigenvalue weighted by atomic mass is 16.6. The highest BCUT2D eigenvalue weighted by molar-refractivity contribution is 5.74. The molecule has 0 aromatic heterocycles. The lowest BCUT2D eigenvalue weighted by Gasteiger charge is -2.19. The second kappa shape index (κ2) is 37.6. The summed E-state index contributed by atoms with van der Waals surface area (Å²) in [4.78, 5) is 22.2. The van der Waals surface area contributed by atoms with Gasteiger partial charge in [0, 0.05) is 5.56 Å². The van der Waals surface area contributed by atoms with Gasteiger partial charge in [-0.05, 0) is 45.0 Å². The Balaban J connectivity index is 1.64. The van der Waals surface area contributed by atoms with Crippen molar-refractivity contribution in [2.45, 2.75) is 32.8 Å². The van der Waals surface area contributed by atoms with Gasteiger partial charge in [-0.1, -0.05) is 0 Å². The Bertz CT molecular complexity index is 960. The molecule has 0 atom stereocenters. The lowest BCUT2D eigenvalue weighted by Crippen LogP contribution is -2.24. The summed E-state index contributed by atoms with van der Waals surface area (Å²) in [6.45, 7) is 17.2. The SMILES string of the molecule is CC(C)(C)OC(=O)CCOCCOCCOCCOCCOCCOCCOCCOCCOCCOCCOCCOCCOc1ccc(C=O)cc1. The zero-order valence-electron chi connectivity index (χ0n) is 32.8. The molecule has 0 saturated carbocycles. The highest BCUT2D eigenvalue weighted by Gasteiger charge is 2.15. The van der Waals surface area contributed by atoms with Crippen LogP contribution in [-0.2, 0) is 66.4 Å². The molecule has 1 rings (SSSR count). The third-order valence-corrected chi connectivity index (χ3v) is 6.48. The lowest BCUT2D eigenvalue weighted by molar-refractivity contribution is -0.156. The molecule has 314 valence electrons. The van der Waals surface area contributed by atoms with Gasteiger partial charge in [-0.25, -0.2) is 0 Å². The fraction of sp³-hybridized carbons (Fsp3) is 0.789. The molecule has 16 nitrogen and oxygen atoms in total. The van der Waals surface area contributed by atoms with Gasteiger partial charge in [0.05, 0.1) is 165 Å². The van der Waals surface area contributed by atoms with Gasteiger partial charge in [0.2, 0.25) is 0 Å². The molecular weight excluding hydrogens is 712 g/mol. The van der Waals surface area contributed by atoms with Crippen LogP contribution in [0.4, 0.5) is 0 Å². The van der Waals surface area contributed by atoms with Crippen molar-refractivity contribution in [1.82, 2.24) is 0 Å². The minimum atomic E-state index is -0.479. The number of hydrogen-bond donors (Lipinski definition) is 0. The van der Waals surface area contributed by atoms with Crippen molar-refractivity contribution >= 4 is 12.3 Å². The van der Waals surface area contributed by atoms with Gasteiger partial charge in [0.1, 0.15) is 24.2 Å². The van der Waals surface area contributed by atoms with E-state index in [4.69, 9.17) is 66.3 Å². The van der Waals surface area contributed by atoms with E-state index < -0.39 is 5.60 Å². The molecule has 54 heavy (non-hydrogen) atoms. The minimum absolute atomic E-state index is 0.227. The smallest absolute Gasteiger partial charge is 0.308 e. The molecule has 0 fully saturated rings. The summed E-state index contributed by atoms with van der Waals surface area (Å²) in [5.74, 6) is 0.431. The summed E-state index contributed by atoms with van der Waals surface area (Å²) < 4.78 is 76.3. The second-order valence-electron chi connectivity index (χ2n) is 12.2. The van der Waals surface area contributed by atoms with Crippen LogP contribution in [0.3, 0.4) is 0 Å². The molecule has 0 unspecified atom stereocenters. The molecule has 1 aromatic rings. The summed E-state index contributed by atoms with van der Waals surface area (Å²) in [5, 5.41) is 0. The summed E-state index contributed by atoms with van der Waals surface area (Å²) in [5.41, 5.74) is 0.136. The largest absolute Gasteiger partial charge is 0.491 e. The second-order valence-corrected chi connectivity index (χ2v) is 12.2. The van der Waals surface area contributed by atoms with Crippen LogP contribution in [0, 0.1) is 0 Å². The van der Waals surface area contributed by atoms with E-state index in [9.17, 15) is 9.59 Å². The third kappa shape index (κ3) is 36.6. The molecule has 1 aromatic carbocycles. The van der Waals surface area contributed by atoms with Crippen molar-refractivity contribution < 1.29 is 75.9 Å². The summed E-state index contributed by atoms with van der Waals surface area (Å²) in [6, 6.07) is 6.92. The number of carbonyl (C=O) groups is 2. The molecule has 0 aliphatic carbocycles. The first-order valence-electron chi connectivity index (χ1n) is 18.7. The van der Waals surface area contributed by atoms with Crippen molar-refractivity contribution in [1.29, 1.82) is 0 Å². The van der Waals surface area contributed by atoms with Crippen LogP contribution < -0.4 is 4.74 Å². The number of ether oxygens (including phenoxy) is 14. The fourth-order valence-corrected chi connectivity index (χ4v) is 3.93. The molecule has 0 saturated heterocycles. The van der Waals surface area contributed by atoms with Gasteiger partial charge >= 0.3 is 5.97 Å². The Kier molecular flexibility index (Phi) is 34.6. The van der Waals surface area contributed by atoms with Gasteiger partial charge in [0.25, 0.3) is 0 Å². The van der Waals surface area contributed by atoms with Gasteiger partial charge in [-0.2, -0.15) is 0 Å². The van der Waals surface area contributed by atoms with Crippen LogP contribution in [0.25, 0.3) is 0 Å². The standard InChI is InChI=1S/C38H66O16/c1-38(2,3)54-37(40)8-9-41-10-11-42-12-13-43-14-15-44-16-17-45-18-19-46-20-21-47-22-23-48-24-25-49-26-27-50-28-29-51-30-31-52-32-33-53-36-6-4-35(34-39)5-7-36/h4-7,34H,8-33H2,1-3H3. The first kappa shape index (κ1) is 49.7. The Morgan fingerprint density at radius 3 is 0.944 bits per heavy atom. The summed E-state index contributed by atoms with van der Waals surface area (Å²) in [7, 11) is 0. The van der Waals surface area contributed by atoms with E-state index in [2.05, 4.69) is 0 Å². The van der Waals surface area contributed by atoms with Gasteiger partial charge in [0.15, 0.2) is 0 Å². The fourth-order valence-electron chi connectivity index (χ4n) is 3.93. The normalized spacial score (nSPS) is 11.6. The maximum atomic E-state index is 11.6. The average Bonchev–Trinajstić information content (AvgIpc) is 3.15. The Morgan fingerprint density at radius 2 is 0.685 bits per heavy atom. The molecule has 0 aliphatic rings. The van der Waals surface area contributed by atoms with Crippen molar-refractivity contribution in [3.63, 3.8) is 0 Å². The number of benzene rings is 1. The summed E-state index contributed by atoms with van der Waals surface area (Å²) >= 11 is 0. The average molecular weight is 779 g/mol. The van der Waals surface area contributed by atoms with E-state index in [-0.39, 0.29) is 12.4 Å². The molecule has 0 aliphatic heterocycles. The maximum Gasteiger partial charge on any atom is 0.308 e. The Hall–Kier alpha value is -2.32. The van der Waals surface area contributed by atoms with Crippen molar-refractivity contribution in [2.75, 3.05) is 165 Å². The molecule has 0 spiro atoms. The van der Waals surface area contributed by atoms with Crippen LogP contribution in [0.2, 0.25) is 0 Å². The number of rotatable bonds is 41. The quantitative estimate of drug-likeness (QED) is 0.0541. The predicted molar refractivity (Wildman–Crippen MR) is 198 cm³/mol. The molecule has 0 bridgehead atoms. The van der Waals surface area contributed by atoms with Gasteiger partial charge < -0.3 is 66.3 Å². The number of hydrogen-bond acceptors (Lipinski definition) is 16. The van der Waals surface area contributed by atoms with E-state index in [1.165, 1.54) is 0 Å². The Labute approximate surface area is 321 Å². The molecule has 0 N–H and O–H groups in total. The molecule has 0 amide bonds. The Morgan fingerprint density at radius 1 is 0.426 bits per heavy atom. The van der Waals surface area contributed by atoms with E-state index in [1.807, 2.05) is 20.8 Å². The molecule has 16 heteroatoms. The predicted octanol–water partition coefficient (Wildman–Crippen LogP) is 2.81. The van der Waals surface area contributed by atoms with Crippen LogP contribution in [-0.4, -0.2) is 183 Å². The maximum absolute atomic E-state index is 11.6. The van der Waals surface area contributed by atoms with E-state index >= 15 is 0 Å². The first-order valence-corrected chi connectivity index (χ1v) is 18.7. The molecule has 0 heterocycles. The molecular formula is C38H66O16. The third-order valence-electron chi connectivity index (χ3n) is 6.48. The van der Waals surface area contributed by atoms with E-state index in [1.54, 1.807) is 24.3 Å². The zero-order valence-corrected chi connectivity index (χ0v) is 32.8. The van der Waals surface area contributed by atoms with Crippen LogP contribution in [0.1, 0.15) is 37.6 Å². The lowest BCUT2D eigenvalue weighted by atomic mass is 10.2. The van der Waals surface area contributed by atoms with E-state index in [0.717, 1.165) is 6.29 Å². The van der Waals surface area contributed by atoms with Gasteiger partial charge in [-0.15, -0.1) is 0 Å². The highest BCUT2D eigenvalue weighted by Crippen LogP contribution is 2.11. The van der Waals surface area contributed by atoms with E-state index in [0.29, 0.717) is 176 Å². The van der Waals surface area contributed by atoms with Crippen molar-refractivity contribution in [3.05, 3.63) is 29.8 Å². The minimum Gasteiger partial charge on any atom is -0.491 e.